The lowest BCUT2D eigenvalue weighted by atomic mass is 9.85. The van der Waals surface area contributed by atoms with Gasteiger partial charge in [-0.25, -0.2) is 0 Å². The van der Waals surface area contributed by atoms with Crippen LogP contribution in [0.3, 0.4) is 0 Å². The fourth-order valence-electron chi connectivity index (χ4n) is 2.11. The molecule has 1 aliphatic heterocycles. The van der Waals surface area contributed by atoms with Crippen LogP contribution in [-0.2, 0) is 0 Å². The van der Waals surface area contributed by atoms with Crippen molar-refractivity contribution in [3.05, 3.63) is 21.9 Å². The monoisotopic (exact) mass is 223 g/mol. The third-order valence-electron chi connectivity index (χ3n) is 3.19. The third-order valence-corrected chi connectivity index (χ3v) is 4.20. The first-order chi connectivity index (χ1) is 7.13. The molecule has 15 heavy (non-hydrogen) atoms. The van der Waals surface area contributed by atoms with Crippen LogP contribution in [0.15, 0.2) is 11.4 Å². The average molecular weight is 223 g/mol. The van der Waals surface area contributed by atoms with Crippen molar-refractivity contribution in [3.63, 3.8) is 0 Å². The van der Waals surface area contributed by atoms with E-state index in [9.17, 15) is 4.79 Å². The number of carbonyl (C=O) groups is 1. The maximum Gasteiger partial charge on any atom is 0.192 e. The van der Waals surface area contributed by atoms with Gasteiger partial charge in [-0.15, -0.1) is 11.3 Å². The van der Waals surface area contributed by atoms with Gasteiger partial charge in [0.2, 0.25) is 0 Å². The van der Waals surface area contributed by atoms with Crippen molar-refractivity contribution in [2.45, 2.75) is 38.6 Å². The molecule has 82 valence electrons. The fourth-order valence-corrected chi connectivity index (χ4v) is 3.10. The van der Waals surface area contributed by atoms with Gasteiger partial charge in [0.1, 0.15) is 0 Å². The summed E-state index contributed by atoms with van der Waals surface area (Å²) >= 11 is 1.56. The summed E-state index contributed by atoms with van der Waals surface area (Å²) in [5, 5.41) is 5.36. The molecule has 1 aliphatic rings. The van der Waals surface area contributed by atoms with Crippen LogP contribution in [0.2, 0.25) is 0 Å². The van der Waals surface area contributed by atoms with E-state index >= 15 is 0 Å². The van der Waals surface area contributed by atoms with Gasteiger partial charge in [0, 0.05) is 0 Å². The van der Waals surface area contributed by atoms with Gasteiger partial charge in [-0.1, -0.05) is 0 Å². The Morgan fingerprint density at radius 2 is 2.33 bits per heavy atom. The van der Waals surface area contributed by atoms with Gasteiger partial charge in [-0.3, -0.25) is 4.79 Å². The average Bonchev–Trinajstić information content (AvgIpc) is 2.64. The van der Waals surface area contributed by atoms with E-state index in [-0.39, 0.29) is 11.3 Å². The first-order valence-corrected chi connectivity index (χ1v) is 6.35. The summed E-state index contributed by atoms with van der Waals surface area (Å²) in [6, 6.07) is 2.02. The number of ketones is 1. The van der Waals surface area contributed by atoms with Gasteiger partial charge in [0.05, 0.1) is 10.4 Å². The molecule has 1 unspecified atom stereocenters. The summed E-state index contributed by atoms with van der Waals surface area (Å²) in [5.41, 5.74) is 0.784. The number of rotatable bonds is 2. The second-order valence-electron chi connectivity index (χ2n) is 4.48. The summed E-state index contributed by atoms with van der Waals surface area (Å²) < 4.78 is 0. The van der Waals surface area contributed by atoms with Gasteiger partial charge in [-0.05, 0) is 56.7 Å². The van der Waals surface area contributed by atoms with Crippen LogP contribution < -0.4 is 5.32 Å². The Morgan fingerprint density at radius 1 is 1.53 bits per heavy atom. The first kappa shape index (κ1) is 10.8. The molecule has 0 saturated carbocycles. The molecule has 2 heterocycles. The maximum atomic E-state index is 12.4. The molecular formula is C12H17NOS. The molecule has 0 radical (unpaired) electrons. The van der Waals surface area contributed by atoms with Gasteiger partial charge < -0.3 is 5.32 Å². The van der Waals surface area contributed by atoms with Gasteiger partial charge in [-0.2, -0.15) is 0 Å². The summed E-state index contributed by atoms with van der Waals surface area (Å²) in [6.45, 7) is 5.01. The first-order valence-electron chi connectivity index (χ1n) is 5.47. The summed E-state index contributed by atoms with van der Waals surface area (Å²) in [5.74, 6) is 0.273. The van der Waals surface area contributed by atoms with Crippen molar-refractivity contribution in [2.75, 3.05) is 6.54 Å². The quantitative estimate of drug-likeness (QED) is 0.781. The molecule has 1 atom stereocenters. The molecule has 1 saturated heterocycles. The predicted octanol–water partition coefficient (Wildman–Crippen LogP) is 2.77. The molecule has 0 spiro atoms. The van der Waals surface area contributed by atoms with Crippen molar-refractivity contribution in [1.29, 1.82) is 0 Å². The minimum absolute atomic E-state index is 0.273. The largest absolute Gasteiger partial charge is 0.305 e. The Hall–Kier alpha value is -0.670. The summed E-state index contributed by atoms with van der Waals surface area (Å²) in [6.07, 6.45) is 3.30. The number of hydrogen-bond donors (Lipinski definition) is 1. The molecule has 0 aliphatic carbocycles. The molecule has 0 amide bonds. The van der Waals surface area contributed by atoms with Crippen molar-refractivity contribution in [1.82, 2.24) is 5.32 Å². The summed E-state index contributed by atoms with van der Waals surface area (Å²) in [7, 11) is 0. The van der Waals surface area contributed by atoms with E-state index in [1.807, 2.05) is 25.3 Å². The molecule has 0 aromatic carbocycles. The van der Waals surface area contributed by atoms with E-state index in [4.69, 9.17) is 0 Å². The van der Waals surface area contributed by atoms with E-state index in [2.05, 4.69) is 5.32 Å². The van der Waals surface area contributed by atoms with Crippen molar-refractivity contribution >= 4 is 17.1 Å². The van der Waals surface area contributed by atoms with Crippen LogP contribution in [0.1, 0.15) is 41.4 Å². The van der Waals surface area contributed by atoms with Crippen LogP contribution >= 0.6 is 11.3 Å². The second-order valence-corrected chi connectivity index (χ2v) is 5.39. The van der Waals surface area contributed by atoms with E-state index < -0.39 is 0 Å². The van der Waals surface area contributed by atoms with Gasteiger partial charge in [0.25, 0.3) is 0 Å². The molecule has 3 heteroatoms. The Morgan fingerprint density at radius 3 is 2.87 bits per heavy atom. The Bertz CT molecular complexity index is 363. The standard InChI is InChI=1S/C12H17NOS/c1-9-5-8-15-10(9)11(14)12(2)6-3-4-7-13-12/h5,8,13H,3-4,6-7H2,1-2H3. The molecular weight excluding hydrogens is 206 g/mol. The molecule has 1 aromatic rings. The smallest absolute Gasteiger partial charge is 0.192 e. The number of carbonyl (C=O) groups excluding carboxylic acids is 1. The van der Waals surface area contributed by atoms with Crippen LogP contribution in [0.5, 0.6) is 0 Å². The number of Topliss-reactive ketones (excluding diaryl/α,β-unsaturated/α-hetero) is 1. The highest BCUT2D eigenvalue weighted by Crippen LogP contribution is 2.27. The maximum absolute atomic E-state index is 12.4. The number of aryl methyl sites for hydroxylation is 1. The van der Waals surface area contributed by atoms with Crippen LogP contribution in [0, 0.1) is 6.92 Å². The third kappa shape index (κ3) is 1.99. The highest BCUT2D eigenvalue weighted by Gasteiger charge is 2.35. The molecule has 1 aromatic heterocycles. The van der Waals surface area contributed by atoms with Crippen LogP contribution in [0.25, 0.3) is 0 Å². The highest BCUT2D eigenvalue weighted by atomic mass is 32.1. The Balaban J connectivity index is 2.23. The molecule has 2 rings (SSSR count). The van der Waals surface area contributed by atoms with Crippen LogP contribution in [0.4, 0.5) is 0 Å². The van der Waals surface area contributed by atoms with Gasteiger partial charge >= 0.3 is 0 Å². The summed E-state index contributed by atoms with van der Waals surface area (Å²) in [4.78, 5) is 13.3. The molecule has 1 fully saturated rings. The number of thiophene rings is 1. The number of nitrogens with one attached hydrogen (secondary N) is 1. The zero-order chi connectivity index (χ0) is 10.9. The normalized spacial score (nSPS) is 26.5. The van der Waals surface area contributed by atoms with Crippen molar-refractivity contribution in [2.24, 2.45) is 0 Å². The van der Waals surface area contributed by atoms with Crippen LogP contribution in [-0.4, -0.2) is 17.9 Å². The predicted molar refractivity (Wildman–Crippen MR) is 63.6 cm³/mol. The molecule has 2 nitrogen and oxygen atoms in total. The minimum atomic E-state index is -0.326. The minimum Gasteiger partial charge on any atom is -0.305 e. The zero-order valence-corrected chi connectivity index (χ0v) is 10.1. The lowest BCUT2D eigenvalue weighted by Crippen LogP contribution is -2.52. The SMILES string of the molecule is Cc1ccsc1C(=O)C1(C)CCCCN1. The molecule has 0 bridgehead atoms. The Labute approximate surface area is 94.7 Å². The van der Waals surface area contributed by atoms with E-state index in [1.165, 1.54) is 6.42 Å². The van der Waals surface area contributed by atoms with Crippen molar-refractivity contribution < 1.29 is 4.79 Å². The second kappa shape index (κ2) is 4.06. The Kier molecular flexibility index (Phi) is 2.94. The van der Waals surface area contributed by atoms with E-state index in [0.717, 1.165) is 29.8 Å². The number of piperidine rings is 1. The van der Waals surface area contributed by atoms with E-state index in [1.54, 1.807) is 11.3 Å². The highest BCUT2D eigenvalue weighted by molar-refractivity contribution is 7.12. The van der Waals surface area contributed by atoms with Crippen molar-refractivity contribution in [3.8, 4) is 0 Å². The fraction of sp³-hybridized carbons (Fsp3) is 0.583. The zero-order valence-electron chi connectivity index (χ0n) is 9.30. The lowest BCUT2D eigenvalue weighted by Gasteiger charge is -2.33. The van der Waals surface area contributed by atoms with E-state index in [0.29, 0.717) is 0 Å². The van der Waals surface area contributed by atoms with Gasteiger partial charge in [0.15, 0.2) is 5.78 Å². The number of hydrogen-bond acceptors (Lipinski definition) is 3. The molecule has 1 N–H and O–H groups in total. The lowest BCUT2D eigenvalue weighted by molar-refractivity contribution is 0.0838. The topological polar surface area (TPSA) is 29.1 Å².